The predicted molar refractivity (Wildman–Crippen MR) is 155 cm³/mol. The van der Waals surface area contributed by atoms with Gasteiger partial charge >= 0.3 is 6.09 Å². The van der Waals surface area contributed by atoms with Crippen LogP contribution in [0.25, 0.3) is 0 Å². The molecule has 5 heteroatoms. The summed E-state index contributed by atoms with van der Waals surface area (Å²) < 4.78 is 5.06. The van der Waals surface area contributed by atoms with Crippen molar-refractivity contribution in [3.05, 3.63) is 132 Å². The van der Waals surface area contributed by atoms with Gasteiger partial charge in [-0.05, 0) is 37.2 Å². The fourth-order valence-electron chi connectivity index (χ4n) is 4.92. The highest BCUT2D eigenvalue weighted by Gasteiger charge is 2.44. The Labute approximate surface area is 225 Å². The highest BCUT2D eigenvalue weighted by atomic mass is 32.2. The van der Waals surface area contributed by atoms with E-state index < -0.39 is 4.75 Å². The van der Waals surface area contributed by atoms with Crippen molar-refractivity contribution in [3.8, 4) is 0 Å². The highest BCUT2D eigenvalue weighted by molar-refractivity contribution is 8.01. The lowest BCUT2D eigenvalue weighted by atomic mass is 9.84. The Morgan fingerprint density at radius 3 is 1.95 bits per heavy atom. The van der Waals surface area contributed by atoms with Gasteiger partial charge in [-0.25, -0.2) is 4.79 Å². The fraction of sp³-hybridized carbons (Fsp3) is 0.281. The molecule has 1 aliphatic heterocycles. The quantitative estimate of drug-likeness (QED) is 0.226. The third kappa shape index (κ3) is 6.35. The normalized spacial score (nSPS) is 17.9. The highest BCUT2D eigenvalue weighted by Crippen LogP contribution is 2.52. The number of carbonyl (C=O) groups excluding carboxylic acids is 1. The number of hydrogen-bond acceptors (Lipinski definition) is 4. The topological polar surface area (TPSA) is 32.8 Å². The Morgan fingerprint density at radius 1 is 0.973 bits per heavy atom. The van der Waals surface area contributed by atoms with Crippen LogP contribution in [0.2, 0.25) is 0 Å². The zero-order valence-electron chi connectivity index (χ0n) is 21.7. The third-order valence-corrected chi connectivity index (χ3v) is 8.31. The first kappa shape index (κ1) is 26.8. The fourth-order valence-corrected chi connectivity index (χ4v) is 6.76. The largest absolute Gasteiger partial charge is 0.445 e. The summed E-state index contributed by atoms with van der Waals surface area (Å²) >= 11 is 1.93. The van der Waals surface area contributed by atoms with Gasteiger partial charge in [-0.1, -0.05) is 116 Å². The molecule has 3 aromatic rings. The summed E-state index contributed by atoms with van der Waals surface area (Å²) in [6.07, 6.45) is 6.48. The standard InChI is InChI=1S/C32H36N2O2S/c1-4-23-36-31(35)34-25-30(24-29(34)21-14-22-33(2)3)37-32(26-15-8-5-9-16-26,27-17-10-6-11-18-27)28-19-12-7-13-20-28/h4-21,29-30H,1,22-25H2,2-3H3/t29-,30+/m1/s1. The number of carbonyl (C=O) groups is 1. The zero-order chi connectivity index (χ0) is 26.1. The maximum Gasteiger partial charge on any atom is 0.410 e. The molecule has 1 saturated heterocycles. The molecule has 3 aromatic carbocycles. The molecule has 4 rings (SSSR count). The van der Waals surface area contributed by atoms with Crippen LogP contribution in [0.4, 0.5) is 4.79 Å². The van der Waals surface area contributed by atoms with E-state index in [0.29, 0.717) is 6.54 Å². The van der Waals surface area contributed by atoms with Crippen LogP contribution in [0.1, 0.15) is 23.1 Å². The second kappa shape index (κ2) is 12.8. The van der Waals surface area contributed by atoms with Gasteiger partial charge in [-0.15, -0.1) is 11.8 Å². The van der Waals surface area contributed by atoms with Gasteiger partial charge in [0.25, 0.3) is 0 Å². The van der Waals surface area contributed by atoms with Gasteiger partial charge < -0.3 is 14.5 Å². The average molecular weight is 513 g/mol. The summed E-state index contributed by atoms with van der Waals surface area (Å²) in [5.41, 5.74) is 3.68. The third-order valence-electron chi connectivity index (χ3n) is 6.58. The minimum atomic E-state index is -0.423. The molecule has 192 valence electrons. The summed E-state index contributed by atoms with van der Waals surface area (Å²) in [6.45, 7) is 5.35. The first-order valence-corrected chi connectivity index (χ1v) is 13.6. The molecule has 0 N–H and O–H groups in total. The van der Waals surface area contributed by atoms with Crippen LogP contribution < -0.4 is 0 Å². The molecule has 0 aromatic heterocycles. The van der Waals surface area contributed by atoms with Crippen LogP contribution in [0, 0.1) is 0 Å². The zero-order valence-corrected chi connectivity index (χ0v) is 22.5. The first-order valence-electron chi connectivity index (χ1n) is 12.7. The number of hydrogen-bond donors (Lipinski definition) is 0. The van der Waals surface area contributed by atoms with Crippen LogP contribution in [0.5, 0.6) is 0 Å². The van der Waals surface area contributed by atoms with E-state index >= 15 is 0 Å². The molecule has 37 heavy (non-hydrogen) atoms. The van der Waals surface area contributed by atoms with E-state index in [9.17, 15) is 4.79 Å². The van der Waals surface area contributed by atoms with Crippen molar-refractivity contribution in [3.63, 3.8) is 0 Å². The van der Waals surface area contributed by atoms with Crippen molar-refractivity contribution >= 4 is 17.9 Å². The molecule has 0 aliphatic carbocycles. The van der Waals surface area contributed by atoms with Crippen LogP contribution in [0.15, 0.2) is 116 Å². The van der Waals surface area contributed by atoms with Crippen molar-refractivity contribution < 1.29 is 9.53 Å². The van der Waals surface area contributed by atoms with E-state index in [2.05, 4.69) is 115 Å². The number of benzene rings is 3. The van der Waals surface area contributed by atoms with Gasteiger partial charge in [0.05, 0.1) is 10.8 Å². The maximum atomic E-state index is 13.0. The SMILES string of the molecule is C=CCOC(=O)N1C[C@@H](SC(c2ccccc2)(c2ccccc2)c2ccccc2)C[C@H]1C=CCN(C)C. The Bertz CT molecular complexity index is 1070. The minimum absolute atomic E-state index is 0.0187. The molecule has 4 nitrogen and oxygen atoms in total. The lowest BCUT2D eigenvalue weighted by Crippen LogP contribution is -2.36. The first-order chi connectivity index (χ1) is 18.0. The van der Waals surface area contributed by atoms with Crippen LogP contribution in [-0.4, -0.2) is 61.0 Å². The summed E-state index contributed by atoms with van der Waals surface area (Å²) in [5.74, 6) is 0. The van der Waals surface area contributed by atoms with Crippen molar-refractivity contribution in [2.45, 2.75) is 22.5 Å². The number of rotatable bonds is 10. The molecular weight excluding hydrogens is 476 g/mol. The van der Waals surface area contributed by atoms with Gasteiger partial charge in [0.15, 0.2) is 0 Å². The summed E-state index contributed by atoms with van der Waals surface area (Å²) in [4.78, 5) is 17.0. The molecule has 0 bridgehead atoms. The molecule has 0 radical (unpaired) electrons. The van der Waals surface area contributed by atoms with Crippen LogP contribution in [0.3, 0.4) is 0 Å². The maximum absolute atomic E-state index is 13.0. The number of ether oxygens (including phenoxy) is 1. The summed E-state index contributed by atoms with van der Waals surface area (Å²) in [6, 6.07) is 32.1. The molecule has 1 amide bonds. The van der Waals surface area contributed by atoms with Gasteiger partial charge in [-0.2, -0.15) is 0 Å². The number of amides is 1. The smallest absolute Gasteiger partial charge is 0.410 e. The second-order valence-corrected chi connectivity index (χ2v) is 11.0. The number of likely N-dealkylation sites (N-methyl/N-ethyl adjacent to an activating group) is 1. The number of thioether (sulfide) groups is 1. The van der Waals surface area contributed by atoms with E-state index in [1.54, 1.807) is 6.08 Å². The molecular formula is C32H36N2O2S. The Kier molecular flexibility index (Phi) is 9.26. The Hall–Kier alpha value is -3.28. The average Bonchev–Trinajstić information content (AvgIpc) is 3.34. The van der Waals surface area contributed by atoms with E-state index in [1.165, 1.54) is 16.7 Å². The number of nitrogens with zero attached hydrogens (tertiary/aromatic N) is 2. The second-order valence-electron chi connectivity index (χ2n) is 9.53. The monoisotopic (exact) mass is 512 g/mol. The molecule has 0 unspecified atom stereocenters. The van der Waals surface area contributed by atoms with E-state index in [1.807, 2.05) is 30.8 Å². The van der Waals surface area contributed by atoms with Crippen molar-refractivity contribution in [2.75, 3.05) is 33.8 Å². The van der Waals surface area contributed by atoms with Crippen LogP contribution in [-0.2, 0) is 9.48 Å². The molecule has 1 heterocycles. The van der Waals surface area contributed by atoms with E-state index in [-0.39, 0.29) is 24.0 Å². The van der Waals surface area contributed by atoms with Gasteiger partial charge in [0, 0.05) is 18.3 Å². The summed E-state index contributed by atoms with van der Waals surface area (Å²) in [5, 5.41) is 0.200. The van der Waals surface area contributed by atoms with E-state index in [4.69, 9.17) is 4.74 Å². The lowest BCUT2D eigenvalue weighted by molar-refractivity contribution is 0.114. The molecule has 0 spiro atoms. The van der Waals surface area contributed by atoms with E-state index in [0.717, 1.165) is 13.0 Å². The predicted octanol–water partition coefficient (Wildman–Crippen LogP) is 6.60. The molecule has 0 saturated carbocycles. The minimum Gasteiger partial charge on any atom is -0.445 e. The van der Waals surface area contributed by atoms with Gasteiger partial charge in [0.2, 0.25) is 0 Å². The summed E-state index contributed by atoms with van der Waals surface area (Å²) in [7, 11) is 4.09. The molecule has 1 aliphatic rings. The molecule has 1 fully saturated rings. The Morgan fingerprint density at radius 2 is 1.49 bits per heavy atom. The van der Waals surface area contributed by atoms with Gasteiger partial charge in [0.1, 0.15) is 6.61 Å². The Balaban J connectivity index is 1.74. The van der Waals surface area contributed by atoms with Crippen molar-refractivity contribution in [2.24, 2.45) is 0 Å². The van der Waals surface area contributed by atoms with Gasteiger partial charge in [-0.3, -0.25) is 0 Å². The van der Waals surface area contributed by atoms with Crippen LogP contribution >= 0.6 is 11.8 Å². The number of likely N-dealkylation sites (tertiary alicyclic amines) is 1. The van der Waals surface area contributed by atoms with Crippen molar-refractivity contribution in [1.82, 2.24) is 9.80 Å². The lowest BCUT2D eigenvalue weighted by Gasteiger charge is -2.37. The molecule has 2 atom stereocenters. The van der Waals surface area contributed by atoms with Crippen molar-refractivity contribution in [1.29, 1.82) is 0 Å².